The van der Waals surface area contributed by atoms with E-state index >= 15 is 0 Å². The van der Waals surface area contributed by atoms with Crippen LogP contribution in [0, 0.1) is 0 Å². The Morgan fingerprint density at radius 2 is 1.90 bits per heavy atom. The molecule has 2 aromatic rings. The summed E-state index contributed by atoms with van der Waals surface area (Å²) in [7, 11) is 0. The summed E-state index contributed by atoms with van der Waals surface area (Å²) in [5, 5.41) is 4.19. The highest BCUT2D eigenvalue weighted by Crippen LogP contribution is 2.37. The molecule has 1 fully saturated rings. The fraction of sp³-hybridized carbons (Fsp3) is 0.625. The summed E-state index contributed by atoms with van der Waals surface area (Å²) in [4.78, 5) is 7.23. The zero-order valence-electron chi connectivity index (χ0n) is 12.2. The Morgan fingerprint density at radius 1 is 1.10 bits per heavy atom. The molecular weight excluding hydrogens is 282 g/mol. The SMILES string of the molecule is NC1(c2noc(-c3cc4c(s3)CCCC4)n2)CCCCC1. The predicted molar refractivity (Wildman–Crippen MR) is 83.2 cm³/mol. The highest BCUT2D eigenvalue weighted by atomic mass is 32.1. The normalized spacial score (nSPS) is 21.2. The molecule has 2 aliphatic carbocycles. The number of thiophene rings is 1. The third-order valence-electron chi connectivity index (χ3n) is 4.82. The Kier molecular flexibility index (Phi) is 3.34. The average Bonchev–Trinajstić information content (AvgIpc) is 3.15. The second kappa shape index (κ2) is 5.21. The van der Waals surface area contributed by atoms with Crippen LogP contribution >= 0.6 is 11.3 Å². The van der Waals surface area contributed by atoms with Crippen LogP contribution in [0.25, 0.3) is 10.8 Å². The second-order valence-electron chi connectivity index (χ2n) is 6.41. The van der Waals surface area contributed by atoms with Crippen LogP contribution < -0.4 is 5.73 Å². The minimum atomic E-state index is -0.378. The van der Waals surface area contributed by atoms with E-state index in [4.69, 9.17) is 10.3 Å². The topological polar surface area (TPSA) is 64.9 Å². The molecule has 21 heavy (non-hydrogen) atoms. The second-order valence-corrected chi connectivity index (χ2v) is 7.54. The first-order valence-corrected chi connectivity index (χ1v) is 8.81. The van der Waals surface area contributed by atoms with Gasteiger partial charge in [0.25, 0.3) is 5.89 Å². The fourth-order valence-corrected chi connectivity index (χ4v) is 4.70. The van der Waals surface area contributed by atoms with E-state index in [0.717, 1.165) is 30.6 Å². The lowest BCUT2D eigenvalue weighted by molar-refractivity contribution is 0.275. The molecule has 0 unspecified atom stereocenters. The van der Waals surface area contributed by atoms with Crippen molar-refractivity contribution in [2.75, 3.05) is 0 Å². The monoisotopic (exact) mass is 303 g/mol. The number of rotatable bonds is 2. The van der Waals surface area contributed by atoms with E-state index in [2.05, 4.69) is 16.2 Å². The first-order valence-electron chi connectivity index (χ1n) is 8.00. The van der Waals surface area contributed by atoms with Crippen LogP contribution in [-0.4, -0.2) is 10.1 Å². The molecule has 0 amide bonds. The third kappa shape index (κ3) is 2.42. The van der Waals surface area contributed by atoms with Crippen molar-refractivity contribution in [3.8, 4) is 10.8 Å². The summed E-state index contributed by atoms with van der Waals surface area (Å²) >= 11 is 1.81. The first-order chi connectivity index (χ1) is 10.2. The lowest BCUT2D eigenvalue weighted by atomic mass is 9.82. The average molecular weight is 303 g/mol. The van der Waals surface area contributed by atoms with E-state index in [-0.39, 0.29) is 5.54 Å². The van der Waals surface area contributed by atoms with Crippen molar-refractivity contribution in [3.05, 3.63) is 22.3 Å². The van der Waals surface area contributed by atoms with Gasteiger partial charge in [0, 0.05) is 4.88 Å². The standard InChI is InChI=1S/C16H21N3OS/c17-16(8-4-1-5-9-16)15-18-14(20-19-15)13-10-11-6-2-3-7-12(11)21-13/h10H,1-9,17H2. The van der Waals surface area contributed by atoms with Gasteiger partial charge in [0.05, 0.1) is 10.4 Å². The molecule has 0 bridgehead atoms. The van der Waals surface area contributed by atoms with Crippen molar-refractivity contribution in [2.24, 2.45) is 5.73 Å². The van der Waals surface area contributed by atoms with E-state index in [9.17, 15) is 0 Å². The smallest absolute Gasteiger partial charge is 0.268 e. The van der Waals surface area contributed by atoms with Crippen LogP contribution in [0.2, 0.25) is 0 Å². The van der Waals surface area contributed by atoms with Crippen molar-refractivity contribution < 1.29 is 4.52 Å². The number of nitrogens with two attached hydrogens (primary N) is 1. The van der Waals surface area contributed by atoms with Gasteiger partial charge in [-0.2, -0.15) is 4.98 Å². The number of aromatic nitrogens is 2. The van der Waals surface area contributed by atoms with Gasteiger partial charge in [-0.05, 0) is 50.2 Å². The minimum absolute atomic E-state index is 0.378. The highest BCUT2D eigenvalue weighted by molar-refractivity contribution is 7.15. The summed E-state index contributed by atoms with van der Waals surface area (Å²) in [6, 6.07) is 2.24. The van der Waals surface area contributed by atoms with Crippen molar-refractivity contribution in [3.63, 3.8) is 0 Å². The van der Waals surface area contributed by atoms with E-state index in [1.54, 1.807) is 0 Å². The van der Waals surface area contributed by atoms with Gasteiger partial charge < -0.3 is 10.3 Å². The molecule has 4 rings (SSSR count). The zero-order valence-corrected chi connectivity index (χ0v) is 13.0. The summed E-state index contributed by atoms with van der Waals surface area (Å²) in [6.45, 7) is 0. The molecule has 1 saturated carbocycles. The number of aryl methyl sites for hydroxylation is 2. The van der Waals surface area contributed by atoms with E-state index in [1.165, 1.54) is 42.5 Å². The lowest BCUT2D eigenvalue weighted by Crippen LogP contribution is -2.39. The van der Waals surface area contributed by atoms with E-state index in [0.29, 0.717) is 11.7 Å². The number of hydrogen-bond acceptors (Lipinski definition) is 5. The van der Waals surface area contributed by atoms with Gasteiger partial charge in [-0.25, -0.2) is 0 Å². The van der Waals surface area contributed by atoms with Crippen LogP contribution in [0.5, 0.6) is 0 Å². The molecule has 0 radical (unpaired) electrons. The minimum Gasteiger partial charge on any atom is -0.333 e. The number of fused-ring (bicyclic) bond motifs is 1. The molecule has 2 heterocycles. The maximum Gasteiger partial charge on any atom is 0.268 e. The maximum atomic E-state index is 6.49. The molecule has 112 valence electrons. The third-order valence-corrected chi connectivity index (χ3v) is 6.05. The summed E-state index contributed by atoms with van der Waals surface area (Å²) in [5.74, 6) is 1.35. The summed E-state index contributed by atoms with van der Waals surface area (Å²) in [5.41, 5.74) is 7.58. The Balaban J connectivity index is 1.63. The molecule has 4 nitrogen and oxygen atoms in total. The zero-order chi connectivity index (χ0) is 14.3. The van der Waals surface area contributed by atoms with Gasteiger partial charge in [-0.1, -0.05) is 24.4 Å². The summed E-state index contributed by atoms with van der Waals surface area (Å²) < 4.78 is 5.52. The van der Waals surface area contributed by atoms with E-state index in [1.807, 2.05) is 11.3 Å². The van der Waals surface area contributed by atoms with Gasteiger partial charge in [-0.3, -0.25) is 0 Å². The molecule has 0 spiro atoms. The van der Waals surface area contributed by atoms with Gasteiger partial charge in [-0.15, -0.1) is 11.3 Å². The van der Waals surface area contributed by atoms with Gasteiger partial charge in [0.1, 0.15) is 0 Å². The van der Waals surface area contributed by atoms with Crippen LogP contribution in [0.15, 0.2) is 10.6 Å². The fourth-order valence-electron chi connectivity index (χ4n) is 3.53. The van der Waals surface area contributed by atoms with Crippen molar-refractivity contribution in [1.82, 2.24) is 10.1 Å². The molecule has 0 aromatic carbocycles. The van der Waals surface area contributed by atoms with Gasteiger partial charge in [0.15, 0.2) is 5.82 Å². The van der Waals surface area contributed by atoms with Crippen molar-refractivity contribution >= 4 is 11.3 Å². The Labute approximate surface area is 128 Å². The molecule has 2 aliphatic rings. The molecule has 0 aliphatic heterocycles. The number of hydrogen-bond donors (Lipinski definition) is 1. The molecule has 0 atom stereocenters. The van der Waals surface area contributed by atoms with Crippen molar-refractivity contribution in [2.45, 2.75) is 63.3 Å². The summed E-state index contributed by atoms with van der Waals surface area (Å²) in [6.07, 6.45) is 10.5. The largest absolute Gasteiger partial charge is 0.333 e. The molecule has 5 heteroatoms. The Bertz CT molecular complexity index is 616. The maximum absolute atomic E-state index is 6.49. The molecule has 0 saturated heterocycles. The lowest BCUT2D eigenvalue weighted by Gasteiger charge is -2.29. The van der Waals surface area contributed by atoms with Gasteiger partial charge in [0.2, 0.25) is 0 Å². The van der Waals surface area contributed by atoms with Crippen LogP contribution in [0.1, 0.15) is 61.2 Å². The van der Waals surface area contributed by atoms with Crippen LogP contribution in [-0.2, 0) is 18.4 Å². The molecular formula is C16H21N3OS. The number of nitrogens with zero attached hydrogens (tertiary/aromatic N) is 2. The van der Waals surface area contributed by atoms with Crippen molar-refractivity contribution in [1.29, 1.82) is 0 Å². The molecule has 2 aromatic heterocycles. The first kappa shape index (κ1) is 13.5. The Morgan fingerprint density at radius 3 is 2.71 bits per heavy atom. The predicted octanol–water partition coefficient (Wildman–Crippen LogP) is 3.80. The highest BCUT2D eigenvalue weighted by Gasteiger charge is 2.34. The van der Waals surface area contributed by atoms with Crippen LogP contribution in [0.4, 0.5) is 0 Å². The van der Waals surface area contributed by atoms with E-state index < -0.39 is 0 Å². The molecule has 2 N–H and O–H groups in total. The van der Waals surface area contributed by atoms with Gasteiger partial charge >= 0.3 is 0 Å². The van der Waals surface area contributed by atoms with Crippen LogP contribution in [0.3, 0.4) is 0 Å². The Hall–Kier alpha value is -1.20. The quantitative estimate of drug-likeness (QED) is 0.916.